The third-order valence-corrected chi connectivity index (χ3v) is 6.68. The van der Waals surface area contributed by atoms with Crippen molar-refractivity contribution in [2.45, 2.75) is 11.4 Å². The highest BCUT2D eigenvalue weighted by Gasteiger charge is 2.24. The molecule has 2 rings (SSSR count). The molecule has 0 unspecified atom stereocenters. The molecule has 0 atom stereocenters. The molecule has 9 nitrogen and oxygen atoms in total. The van der Waals surface area contributed by atoms with Crippen molar-refractivity contribution in [2.24, 2.45) is 0 Å². The van der Waals surface area contributed by atoms with Crippen LogP contribution in [0.2, 0.25) is 5.02 Å². The second kappa shape index (κ2) is 10.8. The van der Waals surface area contributed by atoms with Crippen LogP contribution in [0.1, 0.15) is 15.9 Å². The molecule has 1 amide bonds. The fourth-order valence-electron chi connectivity index (χ4n) is 2.64. The highest BCUT2D eigenvalue weighted by Crippen LogP contribution is 2.23. The van der Waals surface area contributed by atoms with Crippen LogP contribution in [-0.4, -0.2) is 71.6 Å². The third-order valence-electron chi connectivity index (χ3n) is 4.68. The molecule has 0 aliphatic carbocycles. The molecule has 0 spiro atoms. The van der Waals surface area contributed by atoms with Crippen LogP contribution in [0.5, 0.6) is 0 Å². The van der Waals surface area contributed by atoms with Crippen LogP contribution in [0, 0.1) is 0 Å². The maximum absolute atomic E-state index is 12.4. The van der Waals surface area contributed by atoms with E-state index in [4.69, 9.17) is 21.2 Å². The van der Waals surface area contributed by atoms with Gasteiger partial charge >= 0.3 is 5.97 Å². The summed E-state index contributed by atoms with van der Waals surface area (Å²) >= 11 is 6.04. The number of esters is 1. The predicted octanol–water partition coefficient (Wildman–Crippen LogP) is 2.40. The Morgan fingerprint density at radius 2 is 1.62 bits per heavy atom. The van der Waals surface area contributed by atoms with Crippen LogP contribution < -0.4 is 4.90 Å². The maximum Gasteiger partial charge on any atom is 0.340 e. The number of halogens is 1. The van der Waals surface area contributed by atoms with Crippen LogP contribution >= 0.6 is 11.6 Å². The lowest BCUT2D eigenvalue weighted by molar-refractivity contribution is -0.133. The second-order valence-corrected chi connectivity index (χ2v) is 9.47. The van der Waals surface area contributed by atoms with E-state index in [1.807, 2.05) is 43.3 Å². The number of anilines is 1. The number of benzene rings is 2. The zero-order chi connectivity index (χ0) is 24.1. The van der Waals surface area contributed by atoms with Gasteiger partial charge in [0.1, 0.15) is 0 Å². The average molecular weight is 484 g/mol. The van der Waals surface area contributed by atoms with Crippen molar-refractivity contribution in [2.75, 3.05) is 46.8 Å². The molecule has 174 valence electrons. The fourth-order valence-corrected chi connectivity index (χ4v) is 3.84. The van der Waals surface area contributed by atoms with Gasteiger partial charge in [-0.1, -0.05) is 28.2 Å². The molecule has 32 heavy (non-hydrogen) atoms. The summed E-state index contributed by atoms with van der Waals surface area (Å²) in [4.78, 5) is 32.7. The number of ether oxygens (including phenoxy) is 1. The van der Waals surface area contributed by atoms with Crippen molar-refractivity contribution in [3.05, 3.63) is 58.6 Å². The van der Waals surface area contributed by atoms with Crippen molar-refractivity contribution >= 4 is 39.2 Å². The molecule has 2 aromatic rings. The molecule has 0 aliphatic heterocycles. The van der Waals surface area contributed by atoms with Gasteiger partial charge in [0.15, 0.2) is 6.61 Å². The van der Waals surface area contributed by atoms with Crippen molar-refractivity contribution in [1.29, 1.82) is 0 Å². The monoisotopic (exact) mass is 483 g/mol. The van der Waals surface area contributed by atoms with E-state index >= 15 is 0 Å². The van der Waals surface area contributed by atoms with Crippen molar-refractivity contribution in [3.8, 4) is 0 Å². The number of carbonyl (C=O) groups is 2. The summed E-state index contributed by atoms with van der Waals surface area (Å²) in [6.45, 7) is -0.182. The smallest absolute Gasteiger partial charge is 0.340 e. The van der Waals surface area contributed by atoms with E-state index in [0.29, 0.717) is 11.0 Å². The zero-order valence-corrected chi connectivity index (χ0v) is 20.1. The Bertz CT molecular complexity index is 1070. The molecule has 0 aliphatic rings. The van der Waals surface area contributed by atoms with E-state index in [1.165, 1.54) is 31.2 Å². The van der Waals surface area contributed by atoms with Gasteiger partial charge < -0.3 is 14.5 Å². The van der Waals surface area contributed by atoms with Gasteiger partial charge in [-0.25, -0.2) is 13.2 Å². The average Bonchev–Trinajstić information content (AvgIpc) is 2.76. The number of amides is 1. The first-order valence-electron chi connectivity index (χ1n) is 9.47. The minimum atomic E-state index is -3.98. The standard InChI is InChI=1S/C21H26ClN3O6S/c1-23(2)16-8-6-15(7-9-16)13-24(3)20(26)14-31-21(27)18-12-17(10-11-19(18)22)32(28,29)25(4)30-5/h6-12H,13-14H2,1-5H3. The normalized spacial score (nSPS) is 11.3. The molecule has 11 heteroatoms. The Labute approximate surface area is 193 Å². The van der Waals surface area contributed by atoms with E-state index in [1.54, 1.807) is 7.05 Å². The minimum Gasteiger partial charge on any atom is -0.452 e. The van der Waals surface area contributed by atoms with Gasteiger partial charge in [0.05, 0.1) is 22.6 Å². The summed E-state index contributed by atoms with van der Waals surface area (Å²) < 4.78 is 30.5. The number of nitrogens with zero attached hydrogens (tertiary/aromatic N) is 3. The van der Waals surface area contributed by atoms with Crippen molar-refractivity contribution in [1.82, 2.24) is 9.37 Å². The van der Waals surface area contributed by atoms with Gasteiger partial charge in [0, 0.05) is 40.4 Å². The first-order chi connectivity index (χ1) is 15.0. The predicted molar refractivity (Wildman–Crippen MR) is 121 cm³/mol. The van der Waals surface area contributed by atoms with Gasteiger partial charge in [-0.2, -0.15) is 0 Å². The zero-order valence-electron chi connectivity index (χ0n) is 18.5. The molecule has 0 fully saturated rings. The SMILES string of the molecule is CON(C)S(=O)(=O)c1ccc(Cl)c(C(=O)OCC(=O)N(C)Cc2ccc(N(C)C)cc2)c1. The summed E-state index contributed by atoms with van der Waals surface area (Å²) in [5.74, 6) is -1.33. The highest BCUT2D eigenvalue weighted by molar-refractivity contribution is 7.89. The fraction of sp³-hybridized carbons (Fsp3) is 0.333. The minimum absolute atomic E-state index is 0.00388. The summed E-state index contributed by atoms with van der Waals surface area (Å²) in [6.07, 6.45) is 0. The number of hydroxylamine groups is 1. The Hall–Kier alpha value is -2.66. The molecular weight excluding hydrogens is 458 g/mol. The molecule has 0 radical (unpaired) electrons. The Balaban J connectivity index is 2.03. The lowest BCUT2D eigenvalue weighted by Gasteiger charge is -2.18. The number of carbonyl (C=O) groups excluding carboxylic acids is 2. The first kappa shape index (κ1) is 25.6. The third kappa shape index (κ3) is 6.19. The summed E-state index contributed by atoms with van der Waals surface area (Å²) in [5, 5.41) is -0.00388. The highest BCUT2D eigenvalue weighted by atomic mass is 35.5. The Kier molecular flexibility index (Phi) is 8.62. The second-order valence-electron chi connectivity index (χ2n) is 7.13. The van der Waals surface area contributed by atoms with Gasteiger partial charge in [-0.05, 0) is 35.9 Å². The van der Waals surface area contributed by atoms with Crippen LogP contribution in [0.3, 0.4) is 0 Å². The summed E-state index contributed by atoms with van der Waals surface area (Å²) in [5.41, 5.74) is 1.78. The van der Waals surface area contributed by atoms with Crippen LogP contribution in [0.15, 0.2) is 47.4 Å². The number of rotatable bonds is 9. The Morgan fingerprint density at radius 3 is 2.19 bits per heavy atom. The molecular formula is C21H26ClN3O6S. The molecule has 0 aromatic heterocycles. The van der Waals surface area contributed by atoms with E-state index in [2.05, 4.69) is 0 Å². The molecule has 0 heterocycles. The van der Waals surface area contributed by atoms with Crippen LogP contribution in [0.4, 0.5) is 5.69 Å². The quantitative estimate of drug-likeness (QED) is 0.399. The molecule has 0 N–H and O–H groups in total. The van der Waals surface area contributed by atoms with Gasteiger partial charge in [-0.3, -0.25) is 9.63 Å². The Morgan fingerprint density at radius 1 is 1.00 bits per heavy atom. The molecule has 0 saturated carbocycles. The van der Waals surface area contributed by atoms with Gasteiger partial charge in [0.2, 0.25) is 0 Å². The number of hydrogen-bond acceptors (Lipinski definition) is 7. The lowest BCUT2D eigenvalue weighted by atomic mass is 10.2. The van der Waals surface area contributed by atoms with Crippen molar-refractivity contribution in [3.63, 3.8) is 0 Å². The first-order valence-corrected chi connectivity index (χ1v) is 11.3. The number of hydrogen-bond donors (Lipinski definition) is 0. The van der Waals surface area contributed by atoms with E-state index in [9.17, 15) is 18.0 Å². The van der Waals surface area contributed by atoms with Crippen LogP contribution in [0.25, 0.3) is 0 Å². The molecule has 2 aromatic carbocycles. The van der Waals surface area contributed by atoms with E-state index in [0.717, 1.165) is 17.3 Å². The van der Waals surface area contributed by atoms with Crippen LogP contribution in [-0.2, 0) is 30.9 Å². The topological polar surface area (TPSA) is 96.5 Å². The maximum atomic E-state index is 12.4. The largest absolute Gasteiger partial charge is 0.452 e. The molecule has 0 saturated heterocycles. The summed E-state index contributed by atoms with van der Waals surface area (Å²) in [6, 6.07) is 11.3. The number of sulfonamides is 1. The molecule has 0 bridgehead atoms. The van der Waals surface area contributed by atoms with E-state index < -0.39 is 28.5 Å². The van der Waals surface area contributed by atoms with Gasteiger partial charge in [0.25, 0.3) is 15.9 Å². The van der Waals surface area contributed by atoms with Gasteiger partial charge in [-0.15, -0.1) is 0 Å². The van der Waals surface area contributed by atoms with Crippen molar-refractivity contribution < 1.29 is 27.6 Å². The van der Waals surface area contributed by atoms with E-state index in [-0.39, 0.29) is 15.5 Å². The summed E-state index contributed by atoms with van der Waals surface area (Å²) in [7, 11) is 3.89. The number of likely N-dealkylation sites (N-methyl/N-ethyl adjacent to an activating group) is 1. The lowest BCUT2D eigenvalue weighted by Crippen LogP contribution is -2.31.